The average molecular weight is 502 g/mol. The molecule has 10 nitrogen and oxygen atoms in total. The third-order valence-corrected chi connectivity index (χ3v) is 6.07. The Kier molecular flexibility index (Phi) is 11.9. The van der Waals surface area contributed by atoms with E-state index >= 15 is 0 Å². The molecule has 0 aliphatic heterocycles. The van der Waals surface area contributed by atoms with Gasteiger partial charge in [-0.1, -0.05) is 30.3 Å². The number of amides is 1. The van der Waals surface area contributed by atoms with Crippen LogP contribution in [-0.4, -0.2) is 37.6 Å². The molecule has 192 valence electrons. The molecule has 1 aromatic rings. The van der Waals surface area contributed by atoms with Gasteiger partial charge in [0, 0.05) is 6.42 Å². The van der Waals surface area contributed by atoms with Crippen LogP contribution in [0.1, 0.15) is 59.9 Å². The van der Waals surface area contributed by atoms with E-state index in [1.165, 1.54) is 0 Å². The number of rotatable bonds is 13. The van der Waals surface area contributed by atoms with E-state index < -0.39 is 49.9 Å². The molecule has 11 heteroatoms. The normalized spacial score (nSPS) is 12.2. The van der Waals surface area contributed by atoms with Gasteiger partial charge in [0.15, 0.2) is 0 Å². The fourth-order valence-electron chi connectivity index (χ4n) is 2.18. The minimum absolute atomic E-state index is 0.0188. The summed E-state index contributed by atoms with van der Waals surface area (Å²) in [4.78, 5) is 41.0. The zero-order chi connectivity index (χ0) is 25.8. The van der Waals surface area contributed by atoms with Crippen LogP contribution >= 0.6 is 7.60 Å². The lowest BCUT2D eigenvalue weighted by molar-refractivity contribution is -0.162. The SMILES string of the molecule is CC(C)(C)C(=O)OCOP(=O)(CCCC(=O)NOCc1ccccc1)OCOC(=O)C(C)(C)C. The third-order valence-electron chi connectivity index (χ3n) is 4.21. The molecule has 1 rings (SSSR count). The Labute approximate surface area is 201 Å². The monoisotopic (exact) mass is 501 g/mol. The van der Waals surface area contributed by atoms with E-state index in [0.29, 0.717) is 0 Å². The van der Waals surface area contributed by atoms with Gasteiger partial charge in [0.25, 0.3) is 0 Å². The molecule has 0 bridgehead atoms. The molecule has 0 aliphatic carbocycles. The lowest BCUT2D eigenvalue weighted by Crippen LogP contribution is -2.25. The van der Waals surface area contributed by atoms with Crippen LogP contribution in [0.5, 0.6) is 0 Å². The average Bonchev–Trinajstić information content (AvgIpc) is 2.73. The van der Waals surface area contributed by atoms with E-state index in [1.807, 2.05) is 30.3 Å². The van der Waals surface area contributed by atoms with Gasteiger partial charge < -0.3 is 9.47 Å². The van der Waals surface area contributed by atoms with Crippen molar-refractivity contribution < 1.29 is 42.3 Å². The van der Waals surface area contributed by atoms with Gasteiger partial charge in [-0.25, -0.2) is 5.48 Å². The highest BCUT2D eigenvalue weighted by molar-refractivity contribution is 7.53. The van der Waals surface area contributed by atoms with Crippen molar-refractivity contribution in [3.63, 3.8) is 0 Å². The molecule has 0 saturated heterocycles. The van der Waals surface area contributed by atoms with E-state index in [1.54, 1.807) is 41.5 Å². The largest absolute Gasteiger partial charge is 0.438 e. The van der Waals surface area contributed by atoms with E-state index in [4.69, 9.17) is 23.4 Å². The van der Waals surface area contributed by atoms with Crippen molar-refractivity contribution in [2.75, 3.05) is 19.7 Å². The highest BCUT2D eigenvalue weighted by Gasteiger charge is 2.30. The predicted molar refractivity (Wildman–Crippen MR) is 124 cm³/mol. The fourth-order valence-corrected chi connectivity index (χ4v) is 3.48. The molecule has 0 radical (unpaired) electrons. The molecular weight excluding hydrogens is 465 g/mol. The molecule has 0 atom stereocenters. The minimum Gasteiger partial charge on any atom is -0.438 e. The molecule has 0 spiro atoms. The van der Waals surface area contributed by atoms with Crippen molar-refractivity contribution in [2.24, 2.45) is 10.8 Å². The lowest BCUT2D eigenvalue weighted by Gasteiger charge is -2.22. The molecule has 0 heterocycles. The summed E-state index contributed by atoms with van der Waals surface area (Å²) < 4.78 is 33.5. The molecule has 1 amide bonds. The van der Waals surface area contributed by atoms with Crippen molar-refractivity contribution in [2.45, 2.75) is 61.0 Å². The Morgan fingerprint density at radius 3 is 1.82 bits per heavy atom. The molecular formula is C23H36NO9P. The van der Waals surface area contributed by atoms with Gasteiger partial charge in [0.05, 0.1) is 23.6 Å². The van der Waals surface area contributed by atoms with Crippen molar-refractivity contribution in [1.29, 1.82) is 0 Å². The Balaban J connectivity index is 2.54. The maximum Gasteiger partial charge on any atom is 0.336 e. The Hall–Kier alpha value is -2.26. The first-order valence-electron chi connectivity index (χ1n) is 10.9. The summed E-state index contributed by atoms with van der Waals surface area (Å²) in [5.74, 6) is -1.51. The van der Waals surface area contributed by atoms with Crippen molar-refractivity contribution in [3.8, 4) is 0 Å². The first kappa shape index (κ1) is 29.8. The Morgan fingerprint density at radius 2 is 1.35 bits per heavy atom. The first-order valence-corrected chi connectivity index (χ1v) is 12.6. The fraction of sp³-hybridized carbons (Fsp3) is 0.609. The Bertz CT molecular complexity index is 808. The van der Waals surface area contributed by atoms with E-state index in [0.717, 1.165) is 5.56 Å². The molecule has 34 heavy (non-hydrogen) atoms. The Morgan fingerprint density at radius 1 is 0.853 bits per heavy atom. The molecule has 0 unspecified atom stereocenters. The molecule has 0 fully saturated rings. The zero-order valence-corrected chi connectivity index (χ0v) is 21.6. The minimum atomic E-state index is -3.84. The van der Waals surface area contributed by atoms with Gasteiger partial charge in [-0.05, 0) is 53.5 Å². The first-order chi connectivity index (χ1) is 15.7. The summed E-state index contributed by atoms with van der Waals surface area (Å²) in [7, 11) is -3.84. The van der Waals surface area contributed by atoms with Crippen LogP contribution in [0.3, 0.4) is 0 Å². The number of nitrogens with one attached hydrogen (secondary N) is 1. The predicted octanol–water partition coefficient (Wildman–Crippen LogP) is 4.33. The van der Waals surface area contributed by atoms with Gasteiger partial charge in [-0.3, -0.25) is 32.8 Å². The van der Waals surface area contributed by atoms with Crippen LogP contribution < -0.4 is 5.48 Å². The summed E-state index contributed by atoms with van der Waals surface area (Å²) >= 11 is 0. The quantitative estimate of drug-likeness (QED) is 0.182. The number of ether oxygens (including phenoxy) is 2. The van der Waals surface area contributed by atoms with Crippen LogP contribution in [0.25, 0.3) is 0 Å². The smallest absolute Gasteiger partial charge is 0.336 e. The zero-order valence-electron chi connectivity index (χ0n) is 20.8. The van der Waals surface area contributed by atoms with Gasteiger partial charge in [-0.15, -0.1) is 0 Å². The van der Waals surface area contributed by atoms with Gasteiger partial charge in [-0.2, -0.15) is 0 Å². The van der Waals surface area contributed by atoms with E-state index in [-0.39, 0.29) is 25.6 Å². The number of benzene rings is 1. The highest BCUT2D eigenvalue weighted by atomic mass is 31.2. The van der Waals surface area contributed by atoms with Gasteiger partial charge >= 0.3 is 19.5 Å². The van der Waals surface area contributed by atoms with Crippen molar-refractivity contribution in [3.05, 3.63) is 35.9 Å². The summed E-state index contributed by atoms with van der Waals surface area (Å²) in [6.07, 6.45) is -0.0630. The molecule has 0 aliphatic rings. The second-order valence-electron chi connectivity index (χ2n) is 9.60. The number of carbonyl (C=O) groups is 3. The third kappa shape index (κ3) is 12.3. The second kappa shape index (κ2) is 13.6. The molecule has 1 aromatic carbocycles. The van der Waals surface area contributed by atoms with Crippen LogP contribution in [0.2, 0.25) is 0 Å². The van der Waals surface area contributed by atoms with E-state index in [9.17, 15) is 18.9 Å². The van der Waals surface area contributed by atoms with Crippen molar-refractivity contribution in [1.82, 2.24) is 5.48 Å². The number of carbonyl (C=O) groups excluding carboxylic acids is 3. The molecule has 0 saturated carbocycles. The highest BCUT2D eigenvalue weighted by Crippen LogP contribution is 2.49. The standard InChI is InChI=1S/C23H36NO9P/c1-22(2,3)20(26)29-16-32-34(28,33-17-30-21(27)23(4,5)6)14-10-13-19(25)24-31-15-18-11-8-7-9-12-18/h7-9,11-12H,10,13-17H2,1-6H3,(H,24,25). The van der Waals surface area contributed by atoms with Gasteiger partial charge in [0.1, 0.15) is 0 Å². The van der Waals surface area contributed by atoms with Crippen molar-refractivity contribution >= 4 is 25.4 Å². The molecule has 1 N–H and O–H groups in total. The van der Waals surface area contributed by atoms with E-state index in [2.05, 4.69) is 5.48 Å². The maximum atomic E-state index is 13.1. The molecule has 0 aromatic heterocycles. The lowest BCUT2D eigenvalue weighted by atomic mass is 9.98. The summed E-state index contributed by atoms with van der Waals surface area (Å²) in [6, 6.07) is 9.30. The van der Waals surface area contributed by atoms with Crippen LogP contribution in [0.15, 0.2) is 30.3 Å². The second-order valence-corrected chi connectivity index (χ2v) is 11.8. The maximum absolute atomic E-state index is 13.1. The van der Waals surface area contributed by atoms with Crippen LogP contribution in [0, 0.1) is 10.8 Å². The number of esters is 2. The van der Waals surface area contributed by atoms with Gasteiger partial charge in [0.2, 0.25) is 19.5 Å². The van der Waals surface area contributed by atoms with Crippen LogP contribution in [-0.2, 0) is 48.9 Å². The summed E-state index contributed by atoms with van der Waals surface area (Å²) in [5, 5.41) is 0. The topological polar surface area (TPSA) is 126 Å². The number of hydroxylamine groups is 1. The van der Waals surface area contributed by atoms with Crippen LogP contribution in [0.4, 0.5) is 0 Å². The number of hydrogen-bond donors (Lipinski definition) is 1. The number of hydrogen-bond acceptors (Lipinski definition) is 9. The summed E-state index contributed by atoms with van der Waals surface area (Å²) in [5.41, 5.74) is 1.67. The summed E-state index contributed by atoms with van der Waals surface area (Å²) in [6.45, 7) is 8.97.